The molecule has 118 valence electrons. The summed E-state index contributed by atoms with van der Waals surface area (Å²) in [6.07, 6.45) is 0. The van der Waals surface area contributed by atoms with E-state index in [9.17, 15) is 0 Å². The maximum absolute atomic E-state index is 8.99. The molecular formula is C15H8Cl4N2O2. The van der Waals surface area contributed by atoms with Gasteiger partial charge in [0.15, 0.2) is 11.5 Å². The van der Waals surface area contributed by atoms with Gasteiger partial charge < -0.3 is 9.84 Å². The second-order valence-corrected chi connectivity index (χ2v) is 5.41. The van der Waals surface area contributed by atoms with Crippen molar-refractivity contribution in [2.45, 2.75) is 0 Å². The summed E-state index contributed by atoms with van der Waals surface area (Å²) in [4.78, 5) is 0. The lowest BCUT2D eigenvalue weighted by atomic mass is 10.1. The van der Waals surface area contributed by atoms with Crippen LogP contribution in [0.5, 0.6) is 11.5 Å². The van der Waals surface area contributed by atoms with Gasteiger partial charge in [-0.2, -0.15) is 10.5 Å². The van der Waals surface area contributed by atoms with Crippen molar-refractivity contribution in [2.75, 3.05) is 7.11 Å². The van der Waals surface area contributed by atoms with Crippen molar-refractivity contribution in [3.63, 3.8) is 0 Å². The molecule has 0 unspecified atom stereocenters. The van der Waals surface area contributed by atoms with E-state index in [0.717, 1.165) is 0 Å². The zero-order chi connectivity index (χ0) is 17.6. The van der Waals surface area contributed by atoms with Gasteiger partial charge in [-0.1, -0.05) is 58.5 Å². The van der Waals surface area contributed by atoms with Crippen molar-refractivity contribution in [1.29, 1.82) is 10.5 Å². The van der Waals surface area contributed by atoms with Gasteiger partial charge in [-0.3, -0.25) is 0 Å². The zero-order valence-electron chi connectivity index (χ0n) is 11.6. The van der Waals surface area contributed by atoms with Gasteiger partial charge in [0.25, 0.3) is 0 Å². The van der Waals surface area contributed by atoms with Crippen molar-refractivity contribution in [3.05, 3.63) is 55.5 Å². The van der Waals surface area contributed by atoms with E-state index in [4.69, 9.17) is 66.8 Å². The lowest BCUT2D eigenvalue weighted by molar-refractivity contribution is 0.373. The van der Waals surface area contributed by atoms with Gasteiger partial charge in [-0.25, -0.2) is 0 Å². The number of hydrogen-bond acceptors (Lipinski definition) is 4. The number of rotatable bonds is 1. The van der Waals surface area contributed by atoms with Crippen LogP contribution in [0.3, 0.4) is 0 Å². The number of hydrogen-bond donors (Lipinski definition) is 1. The maximum Gasteiger partial charge on any atom is 0.160 e. The molecule has 0 heterocycles. The van der Waals surface area contributed by atoms with Crippen molar-refractivity contribution in [1.82, 2.24) is 0 Å². The second kappa shape index (κ2) is 8.72. The van der Waals surface area contributed by atoms with Gasteiger partial charge in [0.05, 0.1) is 38.3 Å². The van der Waals surface area contributed by atoms with Crippen LogP contribution >= 0.6 is 46.4 Å². The summed E-state index contributed by atoms with van der Waals surface area (Å²) in [6.45, 7) is 0. The van der Waals surface area contributed by atoms with Gasteiger partial charge in [-0.05, 0) is 12.1 Å². The van der Waals surface area contributed by atoms with Gasteiger partial charge in [0.1, 0.15) is 12.1 Å². The second-order valence-electron chi connectivity index (χ2n) is 3.90. The molecule has 2 rings (SSSR count). The van der Waals surface area contributed by atoms with Crippen molar-refractivity contribution in [3.8, 4) is 23.6 Å². The Morgan fingerprint density at radius 3 is 1.70 bits per heavy atom. The molecule has 2 aromatic carbocycles. The van der Waals surface area contributed by atoms with Gasteiger partial charge >= 0.3 is 0 Å². The van der Waals surface area contributed by atoms with Gasteiger partial charge in [0.2, 0.25) is 0 Å². The van der Waals surface area contributed by atoms with E-state index in [1.54, 1.807) is 36.4 Å². The molecule has 0 atom stereocenters. The number of aromatic hydroxyl groups is 1. The van der Waals surface area contributed by atoms with Crippen LogP contribution < -0.4 is 4.74 Å². The first-order valence-corrected chi connectivity index (χ1v) is 7.38. The number of methoxy groups -OCH3 is 1. The molecule has 4 nitrogen and oxygen atoms in total. The monoisotopic (exact) mass is 388 g/mol. The highest BCUT2D eigenvalue weighted by Crippen LogP contribution is 2.40. The van der Waals surface area contributed by atoms with Crippen molar-refractivity contribution < 1.29 is 9.84 Å². The summed E-state index contributed by atoms with van der Waals surface area (Å²) in [6, 6.07) is 10.3. The summed E-state index contributed by atoms with van der Waals surface area (Å²) in [5.74, 6) is 0.692. The van der Waals surface area contributed by atoms with E-state index >= 15 is 0 Å². The molecule has 0 saturated carbocycles. The van der Waals surface area contributed by atoms with Gasteiger partial charge in [0, 0.05) is 0 Å². The predicted octanol–water partition coefficient (Wildman–Crippen LogP) is 5.44. The third kappa shape index (κ3) is 4.34. The SMILES string of the molecule is COc1ccccc1O.N#Cc1c(Cl)c(Cl)c(Cl)c(C#N)c1Cl. The zero-order valence-corrected chi connectivity index (χ0v) is 14.6. The fraction of sp³-hybridized carbons (Fsp3) is 0.0667. The molecule has 0 spiro atoms. The van der Waals surface area contributed by atoms with E-state index < -0.39 is 0 Å². The number of ether oxygens (including phenoxy) is 1. The van der Waals surface area contributed by atoms with E-state index in [1.807, 2.05) is 0 Å². The lowest BCUT2D eigenvalue weighted by Gasteiger charge is -2.05. The predicted molar refractivity (Wildman–Crippen MR) is 90.6 cm³/mol. The summed E-state index contributed by atoms with van der Waals surface area (Å²) in [5.41, 5.74) is -0.0847. The minimum atomic E-state index is -0.0746. The molecule has 0 amide bonds. The lowest BCUT2D eigenvalue weighted by Crippen LogP contribution is -1.89. The quantitative estimate of drug-likeness (QED) is 0.519. The van der Waals surface area contributed by atoms with E-state index in [1.165, 1.54) is 7.11 Å². The Labute approximate surface area is 152 Å². The number of nitriles is 2. The molecule has 0 aliphatic carbocycles. The van der Waals surface area contributed by atoms with E-state index in [0.29, 0.717) is 5.75 Å². The van der Waals surface area contributed by atoms with Crippen LogP contribution in [0.1, 0.15) is 11.1 Å². The third-order valence-electron chi connectivity index (χ3n) is 2.57. The molecule has 0 aliphatic heterocycles. The molecule has 0 radical (unpaired) electrons. The van der Waals surface area contributed by atoms with Crippen LogP contribution in [0, 0.1) is 22.7 Å². The molecule has 0 aromatic heterocycles. The Bertz CT molecular complexity index is 769. The topological polar surface area (TPSA) is 77.0 Å². The molecule has 8 heteroatoms. The first-order chi connectivity index (χ1) is 10.9. The number of benzene rings is 2. The number of phenols is 1. The highest BCUT2D eigenvalue weighted by atomic mass is 35.5. The van der Waals surface area contributed by atoms with Crippen molar-refractivity contribution in [2.24, 2.45) is 0 Å². The molecule has 1 N–H and O–H groups in total. The molecule has 0 fully saturated rings. The van der Waals surface area contributed by atoms with Gasteiger partial charge in [-0.15, -0.1) is 0 Å². The smallest absolute Gasteiger partial charge is 0.160 e. The molecule has 2 aromatic rings. The van der Waals surface area contributed by atoms with E-state index in [-0.39, 0.29) is 37.0 Å². The molecule has 0 aliphatic rings. The average molecular weight is 390 g/mol. The highest BCUT2D eigenvalue weighted by molar-refractivity contribution is 6.50. The largest absolute Gasteiger partial charge is 0.504 e. The average Bonchev–Trinajstić information content (AvgIpc) is 2.55. The number of phenolic OH excluding ortho intramolecular Hbond substituents is 1. The van der Waals surface area contributed by atoms with Crippen LogP contribution in [0.25, 0.3) is 0 Å². The van der Waals surface area contributed by atoms with Crippen LogP contribution in [-0.2, 0) is 0 Å². The van der Waals surface area contributed by atoms with Crippen LogP contribution in [0.2, 0.25) is 20.1 Å². The number of halogens is 4. The normalized spacial score (nSPS) is 9.17. The Kier molecular flexibility index (Phi) is 7.29. The first-order valence-electron chi connectivity index (χ1n) is 5.87. The van der Waals surface area contributed by atoms with E-state index in [2.05, 4.69) is 0 Å². The molecule has 0 saturated heterocycles. The Hall–Kier alpha value is -1.82. The Balaban J connectivity index is 0.000000253. The summed E-state index contributed by atoms with van der Waals surface area (Å²) in [7, 11) is 1.52. The Morgan fingerprint density at radius 2 is 1.35 bits per heavy atom. The Morgan fingerprint density at radius 1 is 0.870 bits per heavy atom. The minimum Gasteiger partial charge on any atom is -0.504 e. The first kappa shape index (κ1) is 19.2. The minimum absolute atomic E-state index is 0.0363. The third-order valence-corrected chi connectivity index (χ3v) is 4.28. The summed E-state index contributed by atoms with van der Waals surface area (Å²) < 4.78 is 4.79. The fourth-order valence-electron chi connectivity index (χ4n) is 1.46. The number of para-hydroxylation sites is 2. The standard InChI is InChI=1S/C8Cl4N2.C7H8O2/c9-5-3(1-13)6(10)8(12)7(11)4(5)2-14;1-9-7-5-3-2-4-6(7)8/h;2-5,8H,1H3. The van der Waals surface area contributed by atoms with Crippen LogP contribution in [0.4, 0.5) is 0 Å². The fourth-order valence-corrected chi connectivity index (χ4v) is 2.53. The number of nitrogens with zero attached hydrogens (tertiary/aromatic N) is 2. The summed E-state index contributed by atoms with van der Waals surface area (Å²) in [5, 5.41) is 26.2. The highest BCUT2D eigenvalue weighted by Gasteiger charge is 2.19. The molecular weight excluding hydrogens is 382 g/mol. The molecule has 23 heavy (non-hydrogen) atoms. The van der Waals surface area contributed by atoms with Crippen molar-refractivity contribution >= 4 is 46.4 Å². The summed E-state index contributed by atoms with van der Waals surface area (Å²) >= 11 is 22.8. The van der Waals surface area contributed by atoms with Crippen LogP contribution in [-0.4, -0.2) is 12.2 Å². The molecule has 0 bridgehead atoms. The maximum atomic E-state index is 8.99. The van der Waals surface area contributed by atoms with Crippen LogP contribution in [0.15, 0.2) is 24.3 Å².